The Labute approximate surface area is 123 Å². The third kappa shape index (κ3) is 2.98. The molecule has 1 aliphatic carbocycles. The number of benzene rings is 1. The van der Waals surface area contributed by atoms with Crippen LogP contribution in [0.4, 0.5) is 4.39 Å². The highest BCUT2D eigenvalue weighted by atomic mass is 35.5. The highest BCUT2D eigenvalue weighted by molar-refractivity contribution is 7.89. The minimum absolute atomic E-state index is 0.0680. The molecule has 112 valence electrons. The summed E-state index contributed by atoms with van der Waals surface area (Å²) in [4.78, 5) is -0.181. The Hall–Kier alpha value is -0.690. The molecule has 1 saturated carbocycles. The summed E-state index contributed by atoms with van der Waals surface area (Å²) in [5.74, 6) is 0.0526. The molecule has 0 heterocycles. The van der Waals surface area contributed by atoms with E-state index in [1.165, 1.54) is 17.4 Å². The summed E-state index contributed by atoms with van der Waals surface area (Å²) in [6, 6.07) is 2.11. The zero-order chi connectivity index (χ0) is 15.1. The molecular formula is C13H17ClFNO3S. The molecule has 0 aromatic heterocycles. The van der Waals surface area contributed by atoms with Crippen LogP contribution in [0.5, 0.6) is 0 Å². The molecule has 0 radical (unpaired) electrons. The number of nitrogens with zero attached hydrogens (tertiary/aromatic N) is 1. The van der Waals surface area contributed by atoms with E-state index in [0.29, 0.717) is 18.4 Å². The van der Waals surface area contributed by atoms with Crippen LogP contribution in [-0.2, 0) is 16.6 Å². The molecule has 20 heavy (non-hydrogen) atoms. The van der Waals surface area contributed by atoms with E-state index in [-0.39, 0.29) is 15.5 Å². The van der Waals surface area contributed by atoms with Crippen molar-refractivity contribution in [1.29, 1.82) is 0 Å². The van der Waals surface area contributed by atoms with Crippen LogP contribution in [0.15, 0.2) is 17.0 Å². The predicted octanol–water partition coefficient (Wildman–Crippen LogP) is 2.25. The van der Waals surface area contributed by atoms with Gasteiger partial charge in [0.2, 0.25) is 10.0 Å². The molecule has 1 N–H and O–H groups in total. The normalized spacial score (nSPS) is 22.3. The maximum Gasteiger partial charge on any atom is 0.242 e. The Kier molecular flexibility index (Phi) is 4.39. The van der Waals surface area contributed by atoms with E-state index in [1.54, 1.807) is 0 Å². The van der Waals surface area contributed by atoms with Crippen molar-refractivity contribution in [2.45, 2.75) is 24.8 Å². The van der Waals surface area contributed by atoms with Crippen molar-refractivity contribution in [3.8, 4) is 0 Å². The smallest absolute Gasteiger partial charge is 0.242 e. The van der Waals surface area contributed by atoms with Crippen LogP contribution >= 0.6 is 11.6 Å². The van der Waals surface area contributed by atoms with Gasteiger partial charge in [-0.1, -0.05) is 18.5 Å². The van der Waals surface area contributed by atoms with Crippen LogP contribution in [0.2, 0.25) is 5.02 Å². The molecule has 1 aromatic carbocycles. The molecule has 7 heteroatoms. The van der Waals surface area contributed by atoms with Gasteiger partial charge >= 0.3 is 0 Å². The van der Waals surface area contributed by atoms with Crippen molar-refractivity contribution >= 4 is 21.6 Å². The fraction of sp³-hybridized carbons (Fsp3) is 0.538. The Morgan fingerprint density at radius 2 is 2.10 bits per heavy atom. The molecule has 2 atom stereocenters. The average molecular weight is 322 g/mol. The second-order valence-corrected chi connectivity index (χ2v) is 7.72. The lowest BCUT2D eigenvalue weighted by Gasteiger charge is -2.18. The van der Waals surface area contributed by atoms with Gasteiger partial charge in [-0.15, -0.1) is 0 Å². The van der Waals surface area contributed by atoms with Gasteiger partial charge in [-0.25, -0.2) is 17.1 Å². The van der Waals surface area contributed by atoms with Gasteiger partial charge in [0.25, 0.3) is 0 Å². The van der Waals surface area contributed by atoms with E-state index in [9.17, 15) is 12.8 Å². The summed E-state index contributed by atoms with van der Waals surface area (Å²) in [6.07, 6.45) is 1.01. The van der Waals surface area contributed by atoms with Crippen molar-refractivity contribution in [3.63, 3.8) is 0 Å². The lowest BCUT2D eigenvalue weighted by Crippen LogP contribution is -2.29. The van der Waals surface area contributed by atoms with E-state index in [2.05, 4.69) is 6.92 Å². The van der Waals surface area contributed by atoms with Crippen molar-refractivity contribution in [2.24, 2.45) is 11.8 Å². The molecule has 0 bridgehead atoms. The first-order chi connectivity index (χ1) is 9.27. The van der Waals surface area contributed by atoms with Crippen LogP contribution in [0, 0.1) is 17.7 Å². The first-order valence-electron chi connectivity index (χ1n) is 6.32. The van der Waals surface area contributed by atoms with Gasteiger partial charge in [-0.05, 0) is 30.4 Å². The van der Waals surface area contributed by atoms with E-state index >= 15 is 0 Å². The molecule has 0 amide bonds. The summed E-state index contributed by atoms with van der Waals surface area (Å²) >= 11 is 5.67. The maximum absolute atomic E-state index is 13.6. The van der Waals surface area contributed by atoms with Crippen LogP contribution in [-0.4, -0.2) is 31.4 Å². The second-order valence-electron chi connectivity index (χ2n) is 5.29. The van der Waals surface area contributed by atoms with Crippen molar-refractivity contribution in [2.75, 3.05) is 13.6 Å². The fourth-order valence-corrected chi connectivity index (χ4v) is 3.60. The summed E-state index contributed by atoms with van der Waals surface area (Å²) in [5.41, 5.74) is 0.0680. The molecule has 0 aliphatic heterocycles. The Bertz CT molecular complexity index is 620. The summed E-state index contributed by atoms with van der Waals surface area (Å²) in [6.45, 7) is 1.97. The molecule has 1 aliphatic rings. The second kappa shape index (κ2) is 5.60. The van der Waals surface area contributed by atoms with Gasteiger partial charge in [0.15, 0.2) is 0 Å². The fourth-order valence-electron chi connectivity index (χ4n) is 2.14. The van der Waals surface area contributed by atoms with E-state index < -0.39 is 22.4 Å². The van der Waals surface area contributed by atoms with Crippen LogP contribution in [0.3, 0.4) is 0 Å². The van der Waals surface area contributed by atoms with Crippen molar-refractivity contribution < 1.29 is 17.9 Å². The highest BCUT2D eigenvalue weighted by Crippen LogP contribution is 2.39. The Morgan fingerprint density at radius 1 is 1.50 bits per heavy atom. The molecule has 1 aromatic rings. The third-order valence-corrected chi connectivity index (χ3v) is 5.95. The number of halogens is 2. The Balaban J connectivity index is 2.31. The predicted molar refractivity (Wildman–Crippen MR) is 74.4 cm³/mol. The minimum atomic E-state index is -3.77. The standard InChI is InChI=1S/C13H17ClFNO3S/c1-8-3-9(8)6-16(2)20(18,19)11-4-10(7-17)13(14)12(15)5-11/h4-5,8-9,17H,3,6-7H2,1-2H3. The maximum atomic E-state index is 13.6. The molecule has 4 nitrogen and oxygen atoms in total. The monoisotopic (exact) mass is 321 g/mol. The molecule has 0 saturated heterocycles. The molecule has 1 fully saturated rings. The molecule has 2 unspecified atom stereocenters. The Morgan fingerprint density at radius 3 is 2.60 bits per heavy atom. The lowest BCUT2D eigenvalue weighted by atomic mass is 10.2. The quantitative estimate of drug-likeness (QED) is 0.905. The lowest BCUT2D eigenvalue weighted by molar-refractivity contribution is 0.281. The van der Waals surface area contributed by atoms with Crippen LogP contribution in [0.25, 0.3) is 0 Å². The van der Waals surface area contributed by atoms with E-state index in [0.717, 1.165) is 12.5 Å². The zero-order valence-electron chi connectivity index (χ0n) is 11.3. The highest BCUT2D eigenvalue weighted by Gasteiger charge is 2.36. The van der Waals surface area contributed by atoms with Crippen molar-refractivity contribution in [1.82, 2.24) is 4.31 Å². The van der Waals surface area contributed by atoms with Gasteiger partial charge < -0.3 is 5.11 Å². The van der Waals surface area contributed by atoms with Gasteiger partial charge in [-0.3, -0.25) is 0 Å². The van der Waals surface area contributed by atoms with E-state index in [4.69, 9.17) is 16.7 Å². The van der Waals surface area contributed by atoms with Crippen LogP contribution < -0.4 is 0 Å². The molecule has 2 rings (SSSR count). The number of aliphatic hydroxyl groups is 1. The molecular weight excluding hydrogens is 305 g/mol. The SMILES string of the molecule is CC1CC1CN(C)S(=O)(=O)c1cc(F)c(Cl)c(CO)c1. The number of rotatable bonds is 5. The number of sulfonamides is 1. The first-order valence-corrected chi connectivity index (χ1v) is 8.14. The first kappa shape index (κ1) is 15.7. The van der Waals surface area contributed by atoms with Gasteiger partial charge in [0.05, 0.1) is 16.5 Å². The zero-order valence-corrected chi connectivity index (χ0v) is 12.9. The third-order valence-electron chi connectivity index (χ3n) is 3.72. The summed E-state index contributed by atoms with van der Waals surface area (Å²) in [5, 5.41) is 8.86. The van der Waals surface area contributed by atoms with Gasteiger partial charge in [0.1, 0.15) is 5.82 Å². The minimum Gasteiger partial charge on any atom is -0.392 e. The number of hydrogen-bond acceptors (Lipinski definition) is 3. The average Bonchev–Trinajstić information content (AvgIpc) is 3.07. The van der Waals surface area contributed by atoms with E-state index in [1.807, 2.05) is 0 Å². The van der Waals surface area contributed by atoms with Crippen LogP contribution in [0.1, 0.15) is 18.9 Å². The summed E-state index contributed by atoms with van der Waals surface area (Å²) in [7, 11) is -2.29. The number of aliphatic hydroxyl groups excluding tert-OH is 1. The van der Waals surface area contributed by atoms with Gasteiger partial charge in [-0.2, -0.15) is 0 Å². The van der Waals surface area contributed by atoms with Crippen molar-refractivity contribution in [3.05, 3.63) is 28.5 Å². The largest absolute Gasteiger partial charge is 0.392 e. The van der Waals surface area contributed by atoms with Gasteiger partial charge in [0, 0.05) is 19.2 Å². The topological polar surface area (TPSA) is 57.6 Å². The number of hydrogen-bond donors (Lipinski definition) is 1. The summed E-state index contributed by atoms with van der Waals surface area (Å²) < 4.78 is 39.6. The molecule has 0 spiro atoms.